The molecule has 0 heterocycles. The van der Waals surface area contributed by atoms with E-state index in [1.165, 1.54) is 25.3 Å². The van der Waals surface area contributed by atoms with Crippen LogP contribution in [0.5, 0.6) is 5.75 Å². The molecule has 0 aliphatic rings. The third-order valence-electron chi connectivity index (χ3n) is 2.58. The number of aromatic carboxylic acids is 1. The van der Waals surface area contributed by atoms with Crippen molar-refractivity contribution in [2.24, 2.45) is 0 Å². The monoisotopic (exact) mass is 272 g/mol. The number of benzene rings is 1. The molecular formula is C12H16O5S. The molecule has 1 rings (SSSR count). The smallest absolute Gasteiger partial charge is 0.339 e. The molecule has 0 spiro atoms. The summed E-state index contributed by atoms with van der Waals surface area (Å²) < 4.78 is 28.5. The van der Waals surface area contributed by atoms with E-state index in [1.54, 1.807) is 13.8 Å². The predicted octanol–water partition coefficient (Wildman–Crippen LogP) is 1.72. The summed E-state index contributed by atoms with van der Waals surface area (Å²) >= 11 is 0. The fourth-order valence-electron chi connectivity index (χ4n) is 1.40. The molecule has 6 heteroatoms. The molecule has 5 nitrogen and oxygen atoms in total. The lowest BCUT2D eigenvalue weighted by Crippen LogP contribution is -2.16. The molecule has 100 valence electrons. The molecule has 0 fully saturated rings. The predicted molar refractivity (Wildman–Crippen MR) is 67.7 cm³/mol. The van der Waals surface area contributed by atoms with E-state index in [9.17, 15) is 13.2 Å². The van der Waals surface area contributed by atoms with E-state index in [1.807, 2.05) is 0 Å². The zero-order chi connectivity index (χ0) is 13.9. The van der Waals surface area contributed by atoms with Crippen LogP contribution in [0.2, 0.25) is 0 Å². The van der Waals surface area contributed by atoms with Crippen molar-refractivity contribution in [3.63, 3.8) is 0 Å². The molecule has 0 amide bonds. The van der Waals surface area contributed by atoms with Crippen molar-refractivity contribution >= 4 is 15.8 Å². The zero-order valence-corrected chi connectivity index (χ0v) is 11.3. The van der Waals surface area contributed by atoms with Crippen molar-refractivity contribution in [1.29, 1.82) is 0 Å². The van der Waals surface area contributed by atoms with Crippen LogP contribution in [0.15, 0.2) is 18.2 Å². The number of carboxylic acids is 1. The number of hydrogen-bond donors (Lipinski definition) is 1. The lowest BCUT2D eigenvalue weighted by atomic mass is 10.1. The first-order chi connectivity index (χ1) is 8.27. The maximum Gasteiger partial charge on any atom is 0.339 e. The Morgan fingerprint density at radius 1 is 1.39 bits per heavy atom. The first-order valence-corrected chi connectivity index (χ1v) is 7.11. The Bertz CT molecular complexity index is 546. The van der Waals surface area contributed by atoms with Crippen LogP contribution in [-0.2, 0) is 15.6 Å². The highest BCUT2D eigenvalue weighted by Crippen LogP contribution is 2.22. The van der Waals surface area contributed by atoms with Crippen molar-refractivity contribution in [3.05, 3.63) is 29.3 Å². The van der Waals surface area contributed by atoms with Crippen LogP contribution in [0.1, 0.15) is 29.8 Å². The summed E-state index contributed by atoms with van der Waals surface area (Å²) in [6.45, 7) is 3.22. The van der Waals surface area contributed by atoms with Crippen LogP contribution >= 0.6 is 0 Å². The maximum atomic E-state index is 11.8. The van der Waals surface area contributed by atoms with Crippen LogP contribution in [0.3, 0.4) is 0 Å². The molecule has 18 heavy (non-hydrogen) atoms. The summed E-state index contributed by atoms with van der Waals surface area (Å²) in [5.41, 5.74) is 0.536. The van der Waals surface area contributed by atoms with Gasteiger partial charge < -0.3 is 9.84 Å². The van der Waals surface area contributed by atoms with E-state index in [0.717, 1.165) is 0 Å². The standard InChI is InChI=1S/C12H16O5S/c1-8(2)18(15,16)7-9-4-5-10(12(13)14)11(6-9)17-3/h4-6,8H,7H2,1-3H3,(H,13,14). The molecule has 1 aromatic rings. The largest absolute Gasteiger partial charge is 0.496 e. The number of sulfone groups is 1. The van der Waals surface area contributed by atoms with Crippen molar-refractivity contribution < 1.29 is 23.1 Å². The molecule has 0 saturated heterocycles. The molecular weight excluding hydrogens is 256 g/mol. The van der Waals surface area contributed by atoms with Crippen molar-refractivity contribution in [1.82, 2.24) is 0 Å². The van der Waals surface area contributed by atoms with Crippen LogP contribution in [0, 0.1) is 0 Å². The number of ether oxygens (including phenoxy) is 1. The van der Waals surface area contributed by atoms with E-state index in [2.05, 4.69) is 0 Å². The van der Waals surface area contributed by atoms with Crippen LogP contribution in [0.25, 0.3) is 0 Å². The fourth-order valence-corrected chi connectivity index (χ4v) is 2.38. The quantitative estimate of drug-likeness (QED) is 0.882. The van der Waals surface area contributed by atoms with Gasteiger partial charge in [-0.3, -0.25) is 0 Å². The number of hydrogen-bond acceptors (Lipinski definition) is 4. The van der Waals surface area contributed by atoms with Gasteiger partial charge in [0, 0.05) is 0 Å². The second-order valence-electron chi connectivity index (χ2n) is 4.20. The Labute approximate surface area is 106 Å². The zero-order valence-electron chi connectivity index (χ0n) is 10.5. The highest BCUT2D eigenvalue weighted by Gasteiger charge is 2.18. The molecule has 0 radical (unpaired) electrons. The molecule has 0 saturated carbocycles. The first-order valence-electron chi connectivity index (χ1n) is 5.39. The minimum atomic E-state index is -3.21. The average molecular weight is 272 g/mol. The summed E-state index contributed by atoms with van der Waals surface area (Å²) in [6, 6.07) is 4.29. The fraction of sp³-hybridized carbons (Fsp3) is 0.417. The minimum Gasteiger partial charge on any atom is -0.496 e. The Kier molecular flexibility index (Phi) is 4.34. The second kappa shape index (κ2) is 5.39. The average Bonchev–Trinajstić information content (AvgIpc) is 2.27. The minimum absolute atomic E-state index is 0.0168. The maximum absolute atomic E-state index is 11.8. The summed E-state index contributed by atoms with van der Waals surface area (Å²) in [7, 11) is -1.86. The molecule has 0 bridgehead atoms. The highest BCUT2D eigenvalue weighted by molar-refractivity contribution is 7.91. The van der Waals surface area contributed by atoms with Gasteiger partial charge in [0.15, 0.2) is 9.84 Å². The molecule has 0 aliphatic carbocycles. The highest BCUT2D eigenvalue weighted by atomic mass is 32.2. The van der Waals surface area contributed by atoms with Gasteiger partial charge in [-0.15, -0.1) is 0 Å². The Hall–Kier alpha value is -1.56. The molecule has 1 aromatic carbocycles. The van der Waals surface area contributed by atoms with Crippen molar-refractivity contribution in [2.75, 3.05) is 7.11 Å². The van der Waals surface area contributed by atoms with Crippen molar-refractivity contribution in [2.45, 2.75) is 24.9 Å². The third kappa shape index (κ3) is 3.22. The van der Waals surface area contributed by atoms with Crippen LogP contribution in [-0.4, -0.2) is 31.9 Å². The van der Waals surface area contributed by atoms with E-state index >= 15 is 0 Å². The third-order valence-corrected chi connectivity index (χ3v) is 4.75. The van der Waals surface area contributed by atoms with Crippen LogP contribution in [0.4, 0.5) is 0 Å². The van der Waals surface area contributed by atoms with Gasteiger partial charge in [-0.25, -0.2) is 13.2 Å². The summed E-state index contributed by atoms with van der Waals surface area (Å²) in [5.74, 6) is -1.06. The van der Waals surface area contributed by atoms with Gasteiger partial charge in [0.1, 0.15) is 11.3 Å². The van der Waals surface area contributed by atoms with Gasteiger partial charge in [0.2, 0.25) is 0 Å². The number of carbonyl (C=O) groups is 1. The Morgan fingerprint density at radius 3 is 2.44 bits per heavy atom. The lowest BCUT2D eigenvalue weighted by Gasteiger charge is -2.10. The first kappa shape index (κ1) is 14.5. The van der Waals surface area contributed by atoms with E-state index < -0.39 is 21.1 Å². The second-order valence-corrected chi connectivity index (χ2v) is 6.75. The Morgan fingerprint density at radius 2 is 2.00 bits per heavy atom. The number of rotatable bonds is 5. The molecule has 0 aromatic heterocycles. The molecule has 0 aliphatic heterocycles. The van der Waals surface area contributed by atoms with Crippen molar-refractivity contribution in [3.8, 4) is 5.75 Å². The molecule has 0 unspecified atom stereocenters. The topological polar surface area (TPSA) is 80.7 Å². The summed E-state index contributed by atoms with van der Waals surface area (Å²) in [6.07, 6.45) is 0. The molecule has 1 N–H and O–H groups in total. The van der Waals surface area contributed by atoms with E-state index in [0.29, 0.717) is 5.56 Å². The number of methoxy groups -OCH3 is 1. The van der Waals surface area contributed by atoms with Gasteiger partial charge in [0.25, 0.3) is 0 Å². The van der Waals surface area contributed by atoms with Gasteiger partial charge in [0.05, 0.1) is 18.1 Å². The van der Waals surface area contributed by atoms with Gasteiger partial charge in [-0.1, -0.05) is 6.07 Å². The van der Waals surface area contributed by atoms with Gasteiger partial charge in [-0.2, -0.15) is 0 Å². The summed E-state index contributed by atoms with van der Waals surface area (Å²) in [4.78, 5) is 10.9. The Balaban J connectivity index is 3.11. The summed E-state index contributed by atoms with van der Waals surface area (Å²) in [5, 5.41) is 8.44. The number of carboxylic acid groups (broad SMARTS) is 1. The van der Waals surface area contributed by atoms with E-state index in [-0.39, 0.29) is 17.1 Å². The van der Waals surface area contributed by atoms with Gasteiger partial charge in [-0.05, 0) is 31.5 Å². The lowest BCUT2D eigenvalue weighted by molar-refractivity contribution is 0.0693. The molecule has 0 atom stereocenters. The van der Waals surface area contributed by atoms with Gasteiger partial charge >= 0.3 is 5.97 Å². The van der Waals surface area contributed by atoms with Crippen LogP contribution < -0.4 is 4.74 Å². The van der Waals surface area contributed by atoms with E-state index in [4.69, 9.17) is 9.84 Å². The normalized spacial score (nSPS) is 11.6. The SMILES string of the molecule is COc1cc(CS(=O)(=O)C(C)C)ccc1C(=O)O.